The summed E-state index contributed by atoms with van der Waals surface area (Å²) in [6.45, 7) is 1.40. The van der Waals surface area contributed by atoms with Gasteiger partial charge in [-0.2, -0.15) is 28.1 Å². The topological polar surface area (TPSA) is 83.0 Å². The highest BCUT2D eigenvalue weighted by Gasteiger charge is 2.39. The number of halogens is 4. The summed E-state index contributed by atoms with van der Waals surface area (Å²) in [6, 6.07) is -1.67. The van der Waals surface area contributed by atoms with Gasteiger partial charge in [0, 0.05) is 11.6 Å². The molecule has 2 aliphatic carbocycles. The molecular weight excluding hydrogens is 366 g/mol. The van der Waals surface area contributed by atoms with E-state index in [9.17, 15) is 22.7 Å². The number of hydrogen-bond donors (Lipinski definition) is 3. The maximum Gasteiger partial charge on any atom is 0.408 e. The van der Waals surface area contributed by atoms with Gasteiger partial charge in [-0.15, -0.1) is 0 Å². The van der Waals surface area contributed by atoms with Crippen LogP contribution in [0.5, 0.6) is 0 Å². The Hall–Kier alpha value is -1.97. The highest BCUT2D eigenvalue weighted by Crippen LogP contribution is 2.33. The van der Waals surface area contributed by atoms with Crippen LogP contribution in [0.3, 0.4) is 0 Å². The van der Waals surface area contributed by atoms with Gasteiger partial charge >= 0.3 is 6.18 Å². The predicted octanol–water partition coefficient (Wildman–Crippen LogP) is 3.81. The van der Waals surface area contributed by atoms with Crippen molar-refractivity contribution in [3.63, 3.8) is 0 Å². The molecule has 3 rings (SSSR count). The van der Waals surface area contributed by atoms with Gasteiger partial charge < -0.3 is 15.7 Å². The van der Waals surface area contributed by atoms with Gasteiger partial charge in [0.25, 0.3) is 0 Å². The highest BCUT2D eigenvalue weighted by molar-refractivity contribution is 5.65. The van der Waals surface area contributed by atoms with Crippen LogP contribution in [0.15, 0.2) is 5.83 Å². The summed E-state index contributed by atoms with van der Waals surface area (Å²) in [4.78, 5) is 12.3. The van der Waals surface area contributed by atoms with Gasteiger partial charge in [-0.3, -0.25) is 0 Å². The summed E-state index contributed by atoms with van der Waals surface area (Å²) in [5.41, 5.74) is 0.121. The average Bonchev–Trinajstić information content (AvgIpc) is 2.57. The Morgan fingerprint density at radius 3 is 2.41 bits per heavy atom. The van der Waals surface area contributed by atoms with Crippen LogP contribution in [0.2, 0.25) is 0 Å². The van der Waals surface area contributed by atoms with Gasteiger partial charge in [0.2, 0.25) is 11.9 Å². The van der Waals surface area contributed by atoms with Crippen molar-refractivity contribution in [2.75, 3.05) is 10.6 Å². The zero-order valence-electron chi connectivity index (χ0n) is 15.0. The van der Waals surface area contributed by atoms with Crippen molar-refractivity contribution in [1.82, 2.24) is 15.0 Å². The lowest BCUT2D eigenvalue weighted by Gasteiger charge is -2.27. The van der Waals surface area contributed by atoms with Gasteiger partial charge in [0.1, 0.15) is 18.0 Å². The number of alkyl halides is 3. The van der Waals surface area contributed by atoms with Crippen LogP contribution in [0.4, 0.5) is 29.5 Å². The molecule has 1 unspecified atom stereocenters. The number of rotatable bonds is 6. The Morgan fingerprint density at radius 2 is 1.81 bits per heavy atom. The predicted molar refractivity (Wildman–Crippen MR) is 92.7 cm³/mol. The van der Waals surface area contributed by atoms with Crippen molar-refractivity contribution < 1.29 is 22.7 Å². The minimum absolute atomic E-state index is 0.0393. The summed E-state index contributed by atoms with van der Waals surface area (Å²) >= 11 is 0. The lowest BCUT2D eigenvalue weighted by molar-refractivity contribution is -0.143. The van der Waals surface area contributed by atoms with Crippen molar-refractivity contribution in [2.45, 2.75) is 76.2 Å². The maximum absolute atomic E-state index is 14.4. The Labute approximate surface area is 154 Å². The van der Waals surface area contributed by atoms with E-state index >= 15 is 0 Å². The van der Waals surface area contributed by atoms with Crippen molar-refractivity contribution in [3.8, 4) is 0 Å². The standard InChI is InChI=1S/C17H23F4N5O/c1-2-12(17(19,20)21)23-16-25-14(10-7-4-8-11(27)13(10)18)24-15(26-16)22-9-5-3-6-9/h9,11-12,27H,2-8H2,1H3,(H2,22,23,24,25,26)/t11?,12-/m1/s1. The molecule has 1 saturated carbocycles. The molecule has 6 nitrogen and oxygen atoms in total. The van der Waals surface area contributed by atoms with Crippen LogP contribution in [-0.4, -0.2) is 44.4 Å². The molecule has 0 spiro atoms. The molecule has 0 saturated heterocycles. The number of nitrogens with one attached hydrogen (secondary N) is 2. The highest BCUT2D eigenvalue weighted by atomic mass is 19.4. The third-order valence-electron chi connectivity index (χ3n) is 4.94. The van der Waals surface area contributed by atoms with Gasteiger partial charge in [0.15, 0.2) is 5.82 Å². The summed E-state index contributed by atoms with van der Waals surface area (Å²) in [5, 5.41) is 15.1. The van der Waals surface area contributed by atoms with E-state index in [1.54, 1.807) is 0 Å². The molecule has 0 radical (unpaired) electrons. The molecule has 27 heavy (non-hydrogen) atoms. The zero-order valence-corrected chi connectivity index (χ0v) is 15.0. The quantitative estimate of drug-likeness (QED) is 0.642. The number of anilines is 2. The summed E-state index contributed by atoms with van der Waals surface area (Å²) < 4.78 is 53.6. The maximum atomic E-state index is 14.4. The lowest BCUT2D eigenvalue weighted by atomic mass is 9.93. The minimum Gasteiger partial charge on any atom is -0.386 e. The monoisotopic (exact) mass is 389 g/mol. The van der Waals surface area contributed by atoms with Gasteiger partial charge in [-0.25, -0.2) is 4.39 Å². The van der Waals surface area contributed by atoms with E-state index in [-0.39, 0.29) is 35.8 Å². The normalized spacial score (nSPS) is 22.4. The largest absolute Gasteiger partial charge is 0.408 e. The molecule has 10 heteroatoms. The molecule has 150 valence electrons. The van der Waals surface area contributed by atoms with Crippen molar-refractivity contribution >= 4 is 17.5 Å². The zero-order chi connectivity index (χ0) is 19.6. The van der Waals surface area contributed by atoms with Crippen LogP contribution in [-0.2, 0) is 0 Å². The van der Waals surface area contributed by atoms with Crippen LogP contribution in [0.25, 0.3) is 5.57 Å². The first-order valence-corrected chi connectivity index (χ1v) is 9.20. The molecule has 0 aromatic carbocycles. The van der Waals surface area contributed by atoms with Gasteiger partial charge in [-0.05, 0) is 44.9 Å². The number of nitrogens with zero attached hydrogens (tertiary/aromatic N) is 3. The van der Waals surface area contributed by atoms with E-state index in [0.717, 1.165) is 19.3 Å². The number of aromatic nitrogens is 3. The van der Waals surface area contributed by atoms with Gasteiger partial charge in [-0.1, -0.05) is 6.92 Å². The first-order valence-electron chi connectivity index (χ1n) is 9.20. The molecular formula is C17H23F4N5O. The SMILES string of the molecule is CC[C@@H](Nc1nc(NC2CCC2)nc(C2=C(F)C(O)CCC2)n1)C(F)(F)F. The summed E-state index contributed by atoms with van der Waals surface area (Å²) in [7, 11) is 0. The Bertz CT molecular complexity index is 705. The first kappa shape index (κ1) is 19.8. The number of allylic oxidation sites excluding steroid dienone is 1. The Balaban J connectivity index is 1.94. The minimum atomic E-state index is -4.46. The molecule has 1 heterocycles. The van der Waals surface area contributed by atoms with Crippen molar-refractivity contribution in [2.24, 2.45) is 0 Å². The van der Waals surface area contributed by atoms with Crippen LogP contribution in [0.1, 0.15) is 57.7 Å². The van der Waals surface area contributed by atoms with E-state index in [2.05, 4.69) is 25.6 Å². The van der Waals surface area contributed by atoms with E-state index in [1.807, 2.05) is 0 Å². The van der Waals surface area contributed by atoms with Crippen LogP contribution >= 0.6 is 0 Å². The number of aliphatic hydroxyl groups excluding tert-OH is 1. The first-order chi connectivity index (χ1) is 12.8. The lowest BCUT2D eigenvalue weighted by Crippen LogP contribution is -2.36. The van der Waals surface area contributed by atoms with Crippen LogP contribution in [0, 0.1) is 0 Å². The second-order valence-corrected chi connectivity index (χ2v) is 6.96. The second-order valence-electron chi connectivity index (χ2n) is 6.96. The van der Waals surface area contributed by atoms with E-state index < -0.39 is 24.1 Å². The van der Waals surface area contributed by atoms with Gasteiger partial charge in [0.05, 0.1) is 0 Å². The van der Waals surface area contributed by atoms with Crippen LogP contribution < -0.4 is 10.6 Å². The molecule has 0 amide bonds. The molecule has 1 aromatic rings. The number of aliphatic hydroxyl groups is 1. The number of hydrogen-bond acceptors (Lipinski definition) is 6. The molecule has 3 N–H and O–H groups in total. The molecule has 2 aliphatic rings. The fourth-order valence-electron chi connectivity index (χ4n) is 3.08. The third-order valence-corrected chi connectivity index (χ3v) is 4.94. The van der Waals surface area contributed by atoms with E-state index in [1.165, 1.54) is 6.92 Å². The van der Waals surface area contributed by atoms with E-state index in [0.29, 0.717) is 19.3 Å². The Kier molecular flexibility index (Phi) is 5.83. The summed E-state index contributed by atoms with van der Waals surface area (Å²) in [6.07, 6.45) is -1.86. The summed E-state index contributed by atoms with van der Waals surface area (Å²) in [5.74, 6) is -0.908. The molecule has 0 aliphatic heterocycles. The third kappa shape index (κ3) is 4.66. The smallest absolute Gasteiger partial charge is 0.386 e. The van der Waals surface area contributed by atoms with Crippen molar-refractivity contribution in [3.05, 3.63) is 11.7 Å². The second kappa shape index (κ2) is 7.95. The molecule has 2 atom stereocenters. The fourth-order valence-corrected chi connectivity index (χ4v) is 3.08. The van der Waals surface area contributed by atoms with Crippen molar-refractivity contribution in [1.29, 1.82) is 0 Å². The fraction of sp³-hybridized carbons (Fsp3) is 0.706. The van der Waals surface area contributed by atoms with E-state index in [4.69, 9.17) is 0 Å². The molecule has 0 bridgehead atoms. The average molecular weight is 389 g/mol. The molecule has 1 aromatic heterocycles. The molecule has 1 fully saturated rings. The Morgan fingerprint density at radius 1 is 1.11 bits per heavy atom.